The third-order valence-electron chi connectivity index (χ3n) is 2.50. The van der Waals surface area contributed by atoms with Gasteiger partial charge >= 0.3 is 0 Å². The molecule has 3 nitrogen and oxygen atoms in total. The van der Waals surface area contributed by atoms with Gasteiger partial charge in [-0.15, -0.1) is 6.42 Å². The van der Waals surface area contributed by atoms with Crippen molar-refractivity contribution in [1.29, 1.82) is 0 Å². The van der Waals surface area contributed by atoms with E-state index in [0.717, 1.165) is 5.56 Å². The first-order valence-electron chi connectivity index (χ1n) is 4.96. The second-order valence-electron chi connectivity index (χ2n) is 3.51. The van der Waals surface area contributed by atoms with E-state index >= 15 is 0 Å². The van der Waals surface area contributed by atoms with Crippen molar-refractivity contribution in [2.24, 2.45) is 0 Å². The molecule has 0 heterocycles. The Balaban J connectivity index is 3.29. The summed E-state index contributed by atoms with van der Waals surface area (Å²) in [6.07, 6.45) is 5.29. The molecular weight excluding hydrogens is 222 g/mol. The lowest BCUT2D eigenvalue weighted by Crippen LogP contribution is -2.28. The normalized spacial score (nSPS) is 10.9. The fourth-order valence-electron chi connectivity index (χ4n) is 1.38. The summed E-state index contributed by atoms with van der Waals surface area (Å²) >= 11 is 0. The molecule has 0 N–H and O–H groups in total. The zero-order valence-corrected chi connectivity index (χ0v) is 10.5. The first kappa shape index (κ1) is 12.6. The molecule has 0 saturated carbocycles. The van der Waals surface area contributed by atoms with Crippen LogP contribution in [0.15, 0.2) is 18.2 Å². The van der Waals surface area contributed by atoms with Crippen LogP contribution >= 0.6 is 0 Å². The average Bonchev–Trinajstić information content (AvgIpc) is 2.29. The zero-order chi connectivity index (χ0) is 12.3. The molecule has 0 unspecified atom stereocenters. The molecular formula is C12H15NO2S. The highest BCUT2D eigenvalue weighted by Gasteiger charge is 2.17. The van der Waals surface area contributed by atoms with E-state index in [2.05, 4.69) is 5.92 Å². The summed E-state index contributed by atoms with van der Waals surface area (Å²) in [5.41, 5.74) is 2.20. The summed E-state index contributed by atoms with van der Waals surface area (Å²) in [6.45, 7) is 3.48. The number of sulfonamides is 1. The number of aryl methyl sites for hydroxylation is 1. The van der Waals surface area contributed by atoms with Gasteiger partial charge in [-0.1, -0.05) is 12.0 Å². The first-order valence-corrected chi connectivity index (χ1v) is 6.57. The molecule has 1 aromatic rings. The maximum atomic E-state index is 11.7. The van der Waals surface area contributed by atoms with Gasteiger partial charge < -0.3 is 0 Å². The molecule has 0 spiro atoms. The molecule has 0 bridgehead atoms. The summed E-state index contributed by atoms with van der Waals surface area (Å²) in [4.78, 5) is 0. The second kappa shape index (κ2) is 4.58. The lowest BCUT2D eigenvalue weighted by Gasteiger charge is -2.20. The molecule has 0 atom stereocenters. The minimum absolute atomic E-state index is 0.0726. The predicted octanol–water partition coefficient (Wildman–Crippen LogP) is 1.76. The third kappa shape index (κ3) is 2.37. The molecule has 0 fully saturated rings. The van der Waals surface area contributed by atoms with E-state index in [4.69, 9.17) is 6.42 Å². The van der Waals surface area contributed by atoms with Gasteiger partial charge in [-0.05, 0) is 31.5 Å². The molecule has 1 rings (SSSR count). The molecule has 86 valence electrons. The number of anilines is 1. The summed E-state index contributed by atoms with van der Waals surface area (Å²) in [7, 11) is -1.69. The smallest absolute Gasteiger partial charge is 0.234 e. The third-order valence-corrected chi connectivity index (χ3v) is 4.26. The molecule has 4 heteroatoms. The second-order valence-corrected chi connectivity index (χ2v) is 5.80. The predicted molar refractivity (Wildman–Crippen MR) is 67.0 cm³/mol. The highest BCUT2D eigenvalue weighted by molar-refractivity contribution is 7.92. The van der Waals surface area contributed by atoms with Crippen molar-refractivity contribution < 1.29 is 8.42 Å². The Kier molecular flexibility index (Phi) is 3.61. The van der Waals surface area contributed by atoms with E-state index in [-0.39, 0.29) is 5.75 Å². The fraction of sp³-hybridized carbons (Fsp3) is 0.333. The standard InChI is InChI=1S/C12H15NO2S/c1-5-11-8-7-10(3)12(9-11)13(4)16(14,15)6-2/h1,7-9H,6H2,2-4H3. The topological polar surface area (TPSA) is 37.4 Å². The average molecular weight is 237 g/mol. The minimum atomic E-state index is -3.23. The van der Waals surface area contributed by atoms with Crippen molar-refractivity contribution in [3.63, 3.8) is 0 Å². The van der Waals surface area contributed by atoms with Gasteiger partial charge in [-0.2, -0.15) is 0 Å². The minimum Gasteiger partial charge on any atom is -0.273 e. The van der Waals surface area contributed by atoms with Crippen LogP contribution in [0.3, 0.4) is 0 Å². The Hall–Kier alpha value is -1.47. The molecule has 0 aromatic heterocycles. The van der Waals surface area contributed by atoms with Crippen LogP contribution in [-0.4, -0.2) is 21.2 Å². The highest BCUT2D eigenvalue weighted by Crippen LogP contribution is 2.22. The van der Waals surface area contributed by atoms with Crippen molar-refractivity contribution in [3.05, 3.63) is 29.3 Å². The van der Waals surface area contributed by atoms with Crippen LogP contribution in [0.1, 0.15) is 18.1 Å². The maximum Gasteiger partial charge on any atom is 0.234 e. The number of hydrogen-bond acceptors (Lipinski definition) is 2. The quantitative estimate of drug-likeness (QED) is 0.751. The van der Waals surface area contributed by atoms with Gasteiger partial charge in [-0.3, -0.25) is 4.31 Å². The lowest BCUT2D eigenvalue weighted by molar-refractivity contribution is 0.595. The van der Waals surface area contributed by atoms with Gasteiger partial charge in [-0.25, -0.2) is 8.42 Å². The SMILES string of the molecule is C#Cc1ccc(C)c(N(C)S(=O)(=O)CC)c1. The fourth-order valence-corrected chi connectivity index (χ4v) is 2.27. The van der Waals surface area contributed by atoms with Crippen LogP contribution < -0.4 is 4.31 Å². The van der Waals surface area contributed by atoms with Crippen LogP contribution in [0, 0.1) is 19.3 Å². The molecule has 0 amide bonds. The van der Waals surface area contributed by atoms with Crippen LogP contribution in [0.5, 0.6) is 0 Å². The molecule has 0 aliphatic carbocycles. The Morgan fingerprint density at radius 3 is 2.56 bits per heavy atom. The van der Waals surface area contributed by atoms with E-state index in [1.54, 1.807) is 26.1 Å². The number of terminal acetylenes is 1. The zero-order valence-electron chi connectivity index (χ0n) is 9.69. The Morgan fingerprint density at radius 2 is 2.06 bits per heavy atom. The van der Waals surface area contributed by atoms with Crippen molar-refractivity contribution in [2.45, 2.75) is 13.8 Å². The molecule has 0 aliphatic rings. The summed E-state index contributed by atoms with van der Waals surface area (Å²) < 4.78 is 24.7. The summed E-state index contributed by atoms with van der Waals surface area (Å²) in [5.74, 6) is 2.57. The molecule has 1 aromatic carbocycles. The van der Waals surface area contributed by atoms with Crippen molar-refractivity contribution in [1.82, 2.24) is 0 Å². The van der Waals surface area contributed by atoms with E-state index in [1.165, 1.54) is 4.31 Å². The van der Waals surface area contributed by atoms with Gasteiger partial charge in [0, 0.05) is 12.6 Å². The Bertz CT molecular complexity index is 526. The number of nitrogens with zero attached hydrogens (tertiary/aromatic N) is 1. The van der Waals surface area contributed by atoms with E-state index in [0.29, 0.717) is 11.3 Å². The maximum absolute atomic E-state index is 11.7. The summed E-state index contributed by atoms with van der Waals surface area (Å²) in [6, 6.07) is 5.33. The number of hydrogen-bond donors (Lipinski definition) is 0. The Morgan fingerprint density at radius 1 is 1.44 bits per heavy atom. The van der Waals surface area contributed by atoms with Crippen molar-refractivity contribution in [2.75, 3.05) is 17.1 Å². The van der Waals surface area contributed by atoms with Crippen LogP contribution in [0.25, 0.3) is 0 Å². The lowest BCUT2D eigenvalue weighted by atomic mass is 10.1. The van der Waals surface area contributed by atoms with Gasteiger partial charge in [0.05, 0.1) is 11.4 Å². The van der Waals surface area contributed by atoms with Gasteiger partial charge in [0.2, 0.25) is 10.0 Å². The van der Waals surface area contributed by atoms with E-state index in [1.807, 2.05) is 13.0 Å². The van der Waals surface area contributed by atoms with Crippen LogP contribution in [0.4, 0.5) is 5.69 Å². The molecule has 0 radical (unpaired) electrons. The van der Waals surface area contributed by atoms with E-state index in [9.17, 15) is 8.42 Å². The van der Waals surface area contributed by atoms with Crippen molar-refractivity contribution >= 4 is 15.7 Å². The molecule has 0 aliphatic heterocycles. The Labute approximate surface area is 97.1 Å². The van der Waals surface area contributed by atoms with Crippen LogP contribution in [0.2, 0.25) is 0 Å². The highest BCUT2D eigenvalue weighted by atomic mass is 32.2. The van der Waals surface area contributed by atoms with Crippen LogP contribution in [-0.2, 0) is 10.0 Å². The van der Waals surface area contributed by atoms with Crippen molar-refractivity contribution in [3.8, 4) is 12.3 Å². The number of benzene rings is 1. The van der Waals surface area contributed by atoms with Gasteiger partial charge in [0.1, 0.15) is 0 Å². The monoisotopic (exact) mass is 237 g/mol. The first-order chi connectivity index (χ1) is 7.42. The molecule has 16 heavy (non-hydrogen) atoms. The largest absolute Gasteiger partial charge is 0.273 e. The summed E-state index contributed by atoms with van der Waals surface area (Å²) in [5, 5.41) is 0. The number of rotatable bonds is 3. The van der Waals surface area contributed by atoms with E-state index < -0.39 is 10.0 Å². The van der Waals surface area contributed by atoms with Gasteiger partial charge in [0.25, 0.3) is 0 Å². The molecule has 0 saturated heterocycles. The van der Waals surface area contributed by atoms with Gasteiger partial charge in [0.15, 0.2) is 0 Å².